The Morgan fingerprint density at radius 2 is 2.05 bits per heavy atom. The van der Waals surface area contributed by atoms with Crippen LogP contribution in [0.4, 0.5) is 0 Å². The van der Waals surface area contributed by atoms with E-state index in [1.54, 1.807) is 6.20 Å². The number of aryl methyl sites for hydroxylation is 2. The summed E-state index contributed by atoms with van der Waals surface area (Å²) in [6.07, 6.45) is 3.75. The zero-order valence-corrected chi connectivity index (χ0v) is 13.0. The molecular weight excluding hydrogens is 262 g/mol. The monoisotopic (exact) mass is 285 g/mol. The zero-order chi connectivity index (χ0) is 15.1. The molecule has 2 aromatic rings. The molecule has 0 aliphatic rings. The lowest BCUT2D eigenvalue weighted by Gasteiger charge is -2.11. The van der Waals surface area contributed by atoms with Gasteiger partial charge in [-0.3, -0.25) is 9.97 Å². The number of rotatable bonds is 7. The molecule has 1 N–H and O–H groups in total. The minimum Gasteiger partial charge on any atom is -0.455 e. The molecule has 0 aromatic carbocycles. The van der Waals surface area contributed by atoms with Crippen molar-refractivity contribution in [3.8, 4) is 11.5 Å². The lowest BCUT2D eigenvalue weighted by molar-refractivity contribution is 0.470. The Morgan fingerprint density at radius 1 is 1.19 bits per heavy atom. The van der Waals surface area contributed by atoms with Gasteiger partial charge in [0.25, 0.3) is 0 Å². The van der Waals surface area contributed by atoms with E-state index in [2.05, 4.69) is 29.1 Å². The minimum absolute atomic E-state index is 0.762. The fourth-order valence-corrected chi connectivity index (χ4v) is 2.08. The maximum atomic E-state index is 5.97. The molecule has 2 aromatic heterocycles. The van der Waals surface area contributed by atoms with Gasteiger partial charge in [0.15, 0.2) is 0 Å². The third-order valence-electron chi connectivity index (χ3n) is 3.16. The Hall–Kier alpha value is -1.94. The molecule has 2 heterocycles. The molecule has 0 spiro atoms. The number of nitrogens with one attached hydrogen (secondary N) is 1. The van der Waals surface area contributed by atoms with Crippen molar-refractivity contribution < 1.29 is 4.74 Å². The summed E-state index contributed by atoms with van der Waals surface area (Å²) in [5, 5.41) is 3.34. The predicted octanol–water partition coefficient (Wildman–Crippen LogP) is 3.64. The van der Waals surface area contributed by atoms with E-state index in [0.717, 1.165) is 54.5 Å². The Labute approximate surface area is 126 Å². The maximum Gasteiger partial charge on any atom is 0.148 e. The van der Waals surface area contributed by atoms with Gasteiger partial charge < -0.3 is 10.1 Å². The van der Waals surface area contributed by atoms with Gasteiger partial charge in [0.1, 0.15) is 11.5 Å². The molecule has 0 amide bonds. The van der Waals surface area contributed by atoms with Crippen molar-refractivity contribution in [3.63, 3.8) is 0 Å². The average Bonchev–Trinajstić information content (AvgIpc) is 2.50. The molecule has 2 rings (SSSR count). The van der Waals surface area contributed by atoms with Gasteiger partial charge in [0.2, 0.25) is 0 Å². The Balaban J connectivity index is 2.10. The van der Waals surface area contributed by atoms with E-state index >= 15 is 0 Å². The van der Waals surface area contributed by atoms with Crippen LogP contribution >= 0.6 is 0 Å². The number of ether oxygens (including phenoxy) is 1. The second kappa shape index (κ2) is 7.74. The van der Waals surface area contributed by atoms with Crippen LogP contribution in [0.15, 0.2) is 30.5 Å². The highest BCUT2D eigenvalue weighted by molar-refractivity contribution is 5.35. The van der Waals surface area contributed by atoms with Crippen molar-refractivity contribution in [3.05, 3.63) is 47.5 Å². The van der Waals surface area contributed by atoms with Crippen LogP contribution in [0.5, 0.6) is 11.5 Å². The molecule has 21 heavy (non-hydrogen) atoms. The Morgan fingerprint density at radius 3 is 2.81 bits per heavy atom. The lowest BCUT2D eigenvalue weighted by atomic mass is 10.2. The summed E-state index contributed by atoms with van der Waals surface area (Å²) in [6.45, 7) is 7.98. The Bertz CT molecular complexity index is 584. The summed E-state index contributed by atoms with van der Waals surface area (Å²) in [4.78, 5) is 8.87. The van der Waals surface area contributed by atoms with E-state index in [9.17, 15) is 0 Å². The molecule has 0 atom stereocenters. The van der Waals surface area contributed by atoms with Gasteiger partial charge >= 0.3 is 0 Å². The highest BCUT2D eigenvalue weighted by Gasteiger charge is 2.06. The van der Waals surface area contributed by atoms with E-state index in [1.165, 1.54) is 0 Å². The largest absolute Gasteiger partial charge is 0.455 e. The first-order valence-corrected chi connectivity index (χ1v) is 7.53. The third kappa shape index (κ3) is 4.53. The maximum absolute atomic E-state index is 5.97. The minimum atomic E-state index is 0.762. The van der Waals surface area contributed by atoms with E-state index in [-0.39, 0.29) is 0 Å². The molecule has 0 bridgehead atoms. The third-order valence-corrected chi connectivity index (χ3v) is 3.16. The number of aromatic nitrogens is 2. The van der Waals surface area contributed by atoms with Crippen molar-refractivity contribution >= 4 is 0 Å². The molecular formula is C17H23N3O. The Kier molecular flexibility index (Phi) is 5.69. The molecule has 112 valence electrons. The van der Waals surface area contributed by atoms with Crippen LogP contribution in [0, 0.1) is 6.92 Å². The topological polar surface area (TPSA) is 47.0 Å². The number of nitrogens with zero attached hydrogens (tertiary/aromatic N) is 2. The summed E-state index contributed by atoms with van der Waals surface area (Å²) in [6, 6.07) is 7.81. The van der Waals surface area contributed by atoms with Crippen molar-refractivity contribution in [1.29, 1.82) is 0 Å². The first-order valence-electron chi connectivity index (χ1n) is 7.53. The van der Waals surface area contributed by atoms with Crippen LogP contribution in [0.25, 0.3) is 0 Å². The van der Waals surface area contributed by atoms with Crippen LogP contribution in [-0.2, 0) is 13.0 Å². The number of hydrogen-bond acceptors (Lipinski definition) is 4. The summed E-state index contributed by atoms with van der Waals surface area (Å²) in [7, 11) is 0. The van der Waals surface area contributed by atoms with Crippen LogP contribution < -0.4 is 10.1 Å². The fourth-order valence-electron chi connectivity index (χ4n) is 2.08. The van der Waals surface area contributed by atoms with Crippen LogP contribution in [0.1, 0.15) is 37.4 Å². The van der Waals surface area contributed by atoms with Gasteiger partial charge in [0.05, 0.1) is 11.4 Å². The van der Waals surface area contributed by atoms with E-state index in [1.807, 2.05) is 31.2 Å². The van der Waals surface area contributed by atoms with Crippen molar-refractivity contribution in [2.75, 3.05) is 6.54 Å². The van der Waals surface area contributed by atoms with Gasteiger partial charge in [-0.2, -0.15) is 0 Å². The van der Waals surface area contributed by atoms with Crippen molar-refractivity contribution in [1.82, 2.24) is 15.3 Å². The van der Waals surface area contributed by atoms with Crippen LogP contribution in [0.2, 0.25) is 0 Å². The second-order valence-electron chi connectivity index (χ2n) is 5.01. The number of pyridine rings is 2. The second-order valence-corrected chi connectivity index (χ2v) is 5.01. The standard InChI is InChI=1S/C17H23N3O/c1-4-9-18-12-14-11-15(8-10-19-14)21-17-7-6-13(3)20-16(17)5-2/h6-8,10-11,18H,4-5,9,12H2,1-3H3. The average molecular weight is 285 g/mol. The highest BCUT2D eigenvalue weighted by atomic mass is 16.5. The summed E-state index contributed by atoms with van der Waals surface area (Å²) in [5.74, 6) is 1.63. The predicted molar refractivity (Wildman–Crippen MR) is 84.7 cm³/mol. The fraction of sp³-hybridized carbons (Fsp3) is 0.412. The van der Waals surface area contributed by atoms with E-state index < -0.39 is 0 Å². The lowest BCUT2D eigenvalue weighted by Crippen LogP contribution is -2.14. The summed E-state index contributed by atoms with van der Waals surface area (Å²) < 4.78 is 5.97. The summed E-state index contributed by atoms with van der Waals surface area (Å²) >= 11 is 0. The smallest absolute Gasteiger partial charge is 0.148 e. The van der Waals surface area contributed by atoms with E-state index in [0.29, 0.717) is 0 Å². The molecule has 0 saturated carbocycles. The van der Waals surface area contributed by atoms with Gasteiger partial charge in [-0.25, -0.2) is 0 Å². The molecule has 0 fully saturated rings. The molecule has 0 unspecified atom stereocenters. The van der Waals surface area contributed by atoms with Crippen LogP contribution in [0.3, 0.4) is 0 Å². The van der Waals surface area contributed by atoms with Gasteiger partial charge in [-0.1, -0.05) is 13.8 Å². The first kappa shape index (κ1) is 15.4. The molecule has 0 radical (unpaired) electrons. The molecule has 4 nitrogen and oxygen atoms in total. The normalized spacial score (nSPS) is 10.6. The molecule has 0 saturated heterocycles. The van der Waals surface area contributed by atoms with Crippen LogP contribution in [-0.4, -0.2) is 16.5 Å². The molecule has 0 aliphatic carbocycles. The summed E-state index contributed by atoms with van der Waals surface area (Å²) in [5.41, 5.74) is 2.98. The van der Waals surface area contributed by atoms with Crippen molar-refractivity contribution in [2.45, 2.75) is 40.2 Å². The van der Waals surface area contributed by atoms with Crippen molar-refractivity contribution in [2.24, 2.45) is 0 Å². The number of hydrogen-bond donors (Lipinski definition) is 1. The zero-order valence-electron chi connectivity index (χ0n) is 13.0. The SMILES string of the molecule is CCCNCc1cc(Oc2ccc(C)nc2CC)ccn1. The first-order chi connectivity index (χ1) is 10.2. The highest BCUT2D eigenvalue weighted by Crippen LogP contribution is 2.25. The van der Waals surface area contributed by atoms with Gasteiger partial charge in [-0.05, 0) is 44.5 Å². The quantitative estimate of drug-likeness (QED) is 0.789. The van der Waals surface area contributed by atoms with Gasteiger partial charge in [-0.15, -0.1) is 0 Å². The molecule has 4 heteroatoms. The molecule has 0 aliphatic heterocycles. The van der Waals surface area contributed by atoms with Gasteiger partial charge in [0, 0.05) is 24.5 Å². The van der Waals surface area contributed by atoms with E-state index in [4.69, 9.17) is 4.74 Å².